The van der Waals surface area contributed by atoms with Crippen molar-refractivity contribution in [1.82, 2.24) is 0 Å². The number of hydrogen-bond donors (Lipinski definition) is 5. The van der Waals surface area contributed by atoms with Gasteiger partial charge < -0.3 is 25.5 Å². The predicted molar refractivity (Wildman–Crippen MR) is 87.9 cm³/mol. The van der Waals surface area contributed by atoms with Gasteiger partial charge in [-0.15, -0.1) is 0 Å². The maximum atomic E-state index is 11.7. The van der Waals surface area contributed by atoms with Gasteiger partial charge in [-0.2, -0.15) is 0 Å². The molecule has 6 heteroatoms. The van der Waals surface area contributed by atoms with Gasteiger partial charge in [0, 0.05) is 0 Å². The summed E-state index contributed by atoms with van der Waals surface area (Å²) in [7, 11) is 0. The Hall–Kier alpha value is -0.790. The molecule has 0 aliphatic rings. The molecule has 4 unspecified atom stereocenters. The molecule has 0 heterocycles. The zero-order valence-corrected chi connectivity index (χ0v) is 14.0. The maximum Gasteiger partial charge on any atom is 0.186 e. The van der Waals surface area contributed by atoms with E-state index in [1.807, 2.05) is 0 Å². The van der Waals surface area contributed by atoms with Crippen LogP contribution in [0.4, 0.5) is 0 Å². The van der Waals surface area contributed by atoms with Gasteiger partial charge in [0.25, 0.3) is 0 Å². The van der Waals surface area contributed by atoms with E-state index in [-0.39, 0.29) is 0 Å². The number of allylic oxidation sites excluding steroid dienone is 1. The van der Waals surface area contributed by atoms with Gasteiger partial charge in [-0.05, 0) is 18.9 Å². The number of carbonyl (C=O) groups is 1. The molecule has 0 aromatic rings. The summed E-state index contributed by atoms with van der Waals surface area (Å²) in [5.41, 5.74) is 0. The number of rotatable bonds is 14. The van der Waals surface area contributed by atoms with Gasteiger partial charge in [0.1, 0.15) is 24.4 Å². The minimum absolute atomic E-state index is 0.712. The van der Waals surface area contributed by atoms with Crippen molar-refractivity contribution in [3.05, 3.63) is 12.2 Å². The van der Waals surface area contributed by atoms with E-state index < -0.39 is 36.8 Å². The highest BCUT2D eigenvalue weighted by Crippen LogP contribution is 2.10. The van der Waals surface area contributed by atoms with Crippen molar-refractivity contribution in [3.8, 4) is 0 Å². The smallest absolute Gasteiger partial charge is 0.186 e. The van der Waals surface area contributed by atoms with Crippen LogP contribution >= 0.6 is 0 Å². The molecule has 0 amide bonds. The molecule has 0 fully saturated rings. The Morgan fingerprint density at radius 2 is 1.48 bits per heavy atom. The van der Waals surface area contributed by atoms with Gasteiger partial charge in [0.05, 0.1) is 6.61 Å². The first-order valence-corrected chi connectivity index (χ1v) is 8.49. The summed E-state index contributed by atoms with van der Waals surface area (Å²) in [6.45, 7) is 1.41. The van der Waals surface area contributed by atoms with E-state index in [1.165, 1.54) is 38.2 Å². The minimum atomic E-state index is -1.84. The fourth-order valence-electron chi connectivity index (χ4n) is 2.21. The van der Waals surface area contributed by atoms with E-state index in [9.17, 15) is 25.2 Å². The van der Waals surface area contributed by atoms with Crippen molar-refractivity contribution in [2.45, 2.75) is 82.7 Å². The number of hydrogen-bond acceptors (Lipinski definition) is 6. The van der Waals surface area contributed by atoms with E-state index in [0.29, 0.717) is 6.42 Å². The van der Waals surface area contributed by atoms with Gasteiger partial charge >= 0.3 is 0 Å². The topological polar surface area (TPSA) is 118 Å². The molecular weight excluding hydrogens is 300 g/mol. The summed E-state index contributed by atoms with van der Waals surface area (Å²) < 4.78 is 0. The van der Waals surface area contributed by atoms with Crippen LogP contribution in [-0.4, -0.2) is 62.3 Å². The van der Waals surface area contributed by atoms with Gasteiger partial charge in [0.2, 0.25) is 0 Å². The Bertz CT molecular complexity index is 331. The van der Waals surface area contributed by atoms with E-state index >= 15 is 0 Å². The second-order valence-corrected chi connectivity index (χ2v) is 5.89. The molecule has 0 saturated heterocycles. The van der Waals surface area contributed by atoms with Crippen LogP contribution in [0.5, 0.6) is 0 Å². The van der Waals surface area contributed by atoms with E-state index in [1.54, 1.807) is 6.08 Å². The summed E-state index contributed by atoms with van der Waals surface area (Å²) in [6, 6.07) is 0. The Kier molecular flexibility index (Phi) is 13.2. The van der Waals surface area contributed by atoms with E-state index in [2.05, 4.69) is 6.92 Å². The van der Waals surface area contributed by atoms with Crippen molar-refractivity contribution < 1.29 is 30.3 Å². The Morgan fingerprint density at radius 3 is 2.04 bits per heavy atom. The molecule has 0 bridgehead atoms. The second-order valence-electron chi connectivity index (χ2n) is 5.89. The monoisotopic (exact) mass is 332 g/mol. The van der Waals surface area contributed by atoms with Gasteiger partial charge in [-0.25, -0.2) is 0 Å². The van der Waals surface area contributed by atoms with Gasteiger partial charge in [-0.1, -0.05) is 51.5 Å². The van der Waals surface area contributed by atoms with Gasteiger partial charge in [0.15, 0.2) is 5.78 Å². The number of aliphatic hydroxyl groups excluding tert-OH is 5. The Labute approximate surface area is 138 Å². The lowest BCUT2D eigenvalue weighted by atomic mass is 10.00. The number of carbonyl (C=O) groups excluding carboxylic acids is 1. The molecule has 0 aliphatic heterocycles. The van der Waals surface area contributed by atoms with Crippen LogP contribution in [0.25, 0.3) is 0 Å². The summed E-state index contributed by atoms with van der Waals surface area (Å²) in [5, 5.41) is 46.5. The molecule has 5 N–H and O–H groups in total. The van der Waals surface area contributed by atoms with Crippen LogP contribution in [-0.2, 0) is 4.79 Å². The highest BCUT2D eigenvalue weighted by molar-refractivity contribution is 5.93. The standard InChI is InChI=1S/C17H32O6/c1-2-3-4-5-6-7-8-9-10-11-13(19)15(21)17(23)16(22)14(20)12-18/h10-11,14-18,20-23H,2-9,12H2,1H3. The molecule has 0 aromatic heterocycles. The van der Waals surface area contributed by atoms with Crippen molar-refractivity contribution in [3.63, 3.8) is 0 Å². The van der Waals surface area contributed by atoms with Crippen LogP contribution in [0.15, 0.2) is 12.2 Å². The van der Waals surface area contributed by atoms with Crippen molar-refractivity contribution >= 4 is 5.78 Å². The number of unbranched alkanes of at least 4 members (excludes halogenated alkanes) is 7. The second kappa shape index (κ2) is 13.6. The first kappa shape index (κ1) is 22.2. The summed E-state index contributed by atoms with van der Waals surface area (Å²) in [5.74, 6) is -0.732. The zero-order valence-electron chi connectivity index (χ0n) is 14.0. The molecule has 136 valence electrons. The molecule has 0 rings (SSSR count). The Balaban J connectivity index is 3.94. The largest absolute Gasteiger partial charge is 0.394 e. The van der Waals surface area contributed by atoms with Crippen molar-refractivity contribution in [1.29, 1.82) is 0 Å². The zero-order chi connectivity index (χ0) is 17.7. The van der Waals surface area contributed by atoms with Crippen molar-refractivity contribution in [2.24, 2.45) is 0 Å². The molecule has 0 saturated carbocycles. The lowest BCUT2D eigenvalue weighted by Crippen LogP contribution is -2.48. The van der Waals surface area contributed by atoms with E-state index in [4.69, 9.17) is 5.11 Å². The highest BCUT2D eigenvalue weighted by atomic mass is 16.4. The molecule has 0 radical (unpaired) electrons. The Morgan fingerprint density at radius 1 is 0.913 bits per heavy atom. The number of aliphatic hydroxyl groups is 5. The average Bonchev–Trinajstić information content (AvgIpc) is 2.57. The lowest BCUT2D eigenvalue weighted by molar-refractivity contribution is -0.142. The quantitative estimate of drug-likeness (QED) is 0.236. The fourth-order valence-corrected chi connectivity index (χ4v) is 2.21. The summed E-state index contributed by atoms with van der Waals surface area (Å²) in [4.78, 5) is 11.7. The van der Waals surface area contributed by atoms with Gasteiger partial charge in [-0.3, -0.25) is 4.79 Å². The van der Waals surface area contributed by atoms with Crippen molar-refractivity contribution in [2.75, 3.05) is 6.61 Å². The normalized spacial score (nSPS) is 17.1. The molecular formula is C17H32O6. The summed E-state index contributed by atoms with van der Waals surface area (Å²) in [6.07, 6.45) is 4.69. The molecule has 6 nitrogen and oxygen atoms in total. The lowest BCUT2D eigenvalue weighted by Gasteiger charge is -2.24. The van der Waals surface area contributed by atoms with Crippen LogP contribution < -0.4 is 0 Å². The molecule has 0 spiro atoms. The third kappa shape index (κ3) is 9.84. The molecule has 0 aromatic carbocycles. The first-order valence-electron chi connectivity index (χ1n) is 8.49. The fraction of sp³-hybridized carbons (Fsp3) is 0.824. The third-order valence-electron chi connectivity index (χ3n) is 3.80. The molecule has 0 aliphatic carbocycles. The molecule has 4 atom stereocenters. The predicted octanol–water partition coefficient (Wildman–Crippen LogP) is 0.688. The summed E-state index contributed by atoms with van der Waals surface area (Å²) >= 11 is 0. The van der Waals surface area contributed by atoms with Crippen LogP contribution in [0.3, 0.4) is 0 Å². The highest BCUT2D eigenvalue weighted by Gasteiger charge is 2.32. The van der Waals surface area contributed by atoms with Crippen LogP contribution in [0, 0.1) is 0 Å². The first-order chi connectivity index (χ1) is 11.0. The maximum absolute atomic E-state index is 11.7. The van der Waals surface area contributed by atoms with E-state index in [0.717, 1.165) is 12.8 Å². The average molecular weight is 332 g/mol. The minimum Gasteiger partial charge on any atom is -0.394 e. The number of ketones is 1. The third-order valence-corrected chi connectivity index (χ3v) is 3.80. The molecule has 23 heavy (non-hydrogen) atoms. The SMILES string of the molecule is CCCCCCCCCC=CC(=O)C(O)C(O)C(O)C(O)CO. The van der Waals surface area contributed by atoms with Crippen LogP contribution in [0.1, 0.15) is 58.3 Å². The van der Waals surface area contributed by atoms with Crippen LogP contribution in [0.2, 0.25) is 0 Å².